The molecule has 1 aromatic carbocycles. The molecule has 1 aromatic heterocycles. The molecular weight excluding hydrogens is 192 g/mol. The lowest BCUT2D eigenvalue weighted by Crippen LogP contribution is -2.43. The molecular formula is C11H12N2S. The Kier molecular flexibility index (Phi) is 2.00. The van der Waals surface area contributed by atoms with Gasteiger partial charge >= 0.3 is 0 Å². The highest BCUT2D eigenvalue weighted by Crippen LogP contribution is 2.24. The zero-order valence-electron chi connectivity index (χ0n) is 7.86. The van der Waals surface area contributed by atoms with E-state index in [9.17, 15) is 0 Å². The molecule has 3 heteroatoms. The monoisotopic (exact) mass is 204 g/mol. The molecule has 2 heterocycles. The predicted octanol–water partition coefficient (Wildman–Crippen LogP) is 2.06. The van der Waals surface area contributed by atoms with Crippen LogP contribution in [-0.2, 0) is 6.42 Å². The van der Waals surface area contributed by atoms with Crippen LogP contribution in [0.1, 0.15) is 5.01 Å². The second-order valence-electron chi connectivity index (χ2n) is 3.80. The van der Waals surface area contributed by atoms with Crippen molar-refractivity contribution in [2.45, 2.75) is 6.42 Å². The molecule has 0 unspecified atom stereocenters. The molecule has 2 aromatic rings. The number of benzene rings is 1. The highest BCUT2D eigenvalue weighted by atomic mass is 32.1. The van der Waals surface area contributed by atoms with E-state index < -0.39 is 0 Å². The number of rotatable bonds is 2. The highest BCUT2D eigenvalue weighted by Gasteiger charge is 2.18. The van der Waals surface area contributed by atoms with Crippen LogP contribution in [0.3, 0.4) is 0 Å². The highest BCUT2D eigenvalue weighted by molar-refractivity contribution is 7.18. The lowest BCUT2D eigenvalue weighted by Gasteiger charge is -2.25. The van der Waals surface area contributed by atoms with Crippen molar-refractivity contribution in [3.8, 4) is 0 Å². The van der Waals surface area contributed by atoms with Crippen molar-refractivity contribution < 1.29 is 0 Å². The van der Waals surface area contributed by atoms with Gasteiger partial charge in [0.1, 0.15) is 0 Å². The summed E-state index contributed by atoms with van der Waals surface area (Å²) in [5, 5.41) is 4.58. The molecule has 0 aliphatic carbocycles. The van der Waals surface area contributed by atoms with Gasteiger partial charge in [-0.1, -0.05) is 12.1 Å². The molecule has 0 atom stereocenters. The van der Waals surface area contributed by atoms with Gasteiger partial charge in [0.25, 0.3) is 0 Å². The Hall–Kier alpha value is -0.930. The fourth-order valence-electron chi connectivity index (χ4n) is 1.75. The summed E-state index contributed by atoms with van der Waals surface area (Å²) >= 11 is 1.84. The maximum absolute atomic E-state index is 4.63. The van der Waals surface area contributed by atoms with Gasteiger partial charge in [-0.15, -0.1) is 11.3 Å². The minimum Gasteiger partial charge on any atom is -0.316 e. The number of nitrogens with zero attached hydrogens (tertiary/aromatic N) is 1. The number of para-hydroxylation sites is 1. The quantitative estimate of drug-likeness (QED) is 0.810. The van der Waals surface area contributed by atoms with Crippen LogP contribution >= 0.6 is 11.3 Å². The lowest BCUT2D eigenvalue weighted by atomic mass is 10.0. The van der Waals surface area contributed by atoms with Crippen molar-refractivity contribution in [3.63, 3.8) is 0 Å². The molecule has 3 rings (SSSR count). The van der Waals surface area contributed by atoms with Crippen LogP contribution in [0.5, 0.6) is 0 Å². The van der Waals surface area contributed by atoms with Crippen LogP contribution in [0.15, 0.2) is 24.3 Å². The number of hydrogen-bond donors (Lipinski definition) is 1. The Morgan fingerprint density at radius 3 is 2.93 bits per heavy atom. The third-order valence-corrected chi connectivity index (χ3v) is 3.73. The Labute approximate surface area is 87.0 Å². The number of nitrogens with one attached hydrogen (secondary N) is 1. The first kappa shape index (κ1) is 8.38. The zero-order valence-corrected chi connectivity index (χ0v) is 8.68. The van der Waals surface area contributed by atoms with E-state index in [1.54, 1.807) is 0 Å². The minimum atomic E-state index is 0.815. The van der Waals surface area contributed by atoms with E-state index in [0.717, 1.165) is 30.9 Å². The van der Waals surface area contributed by atoms with E-state index in [0.29, 0.717) is 0 Å². The minimum absolute atomic E-state index is 0.815. The van der Waals surface area contributed by atoms with Crippen molar-refractivity contribution in [1.82, 2.24) is 10.3 Å². The van der Waals surface area contributed by atoms with Crippen molar-refractivity contribution in [3.05, 3.63) is 29.3 Å². The molecule has 0 saturated carbocycles. The van der Waals surface area contributed by atoms with Gasteiger partial charge in [-0.2, -0.15) is 0 Å². The maximum Gasteiger partial charge on any atom is 0.0942 e. The van der Waals surface area contributed by atoms with Crippen LogP contribution in [0.4, 0.5) is 0 Å². The van der Waals surface area contributed by atoms with Crippen molar-refractivity contribution in [1.29, 1.82) is 0 Å². The summed E-state index contributed by atoms with van der Waals surface area (Å²) in [6.07, 6.45) is 1.15. The summed E-state index contributed by atoms with van der Waals surface area (Å²) in [7, 11) is 0. The first-order valence-electron chi connectivity index (χ1n) is 4.97. The smallest absolute Gasteiger partial charge is 0.0942 e. The average Bonchev–Trinajstić information content (AvgIpc) is 2.53. The van der Waals surface area contributed by atoms with Crippen LogP contribution < -0.4 is 5.32 Å². The maximum atomic E-state index is 4.63. The van der Waals surface area contributed by atoms with Crippen molar-refractivity contribution in [2.24, 2.45) is 5.92 Å². The molecule has 0 spiro atoms. The molecule has 1 saturated heterocycles. The Balaban J connectivity index is 1.89. The molecule has 0 radical (unpaired) electrons. The number of hydrogen-bond acceptors (Lipinski definition) is 3. The topological polar surface area (TPSA) is 24.9 Å². The van der Waals surface area contributed by atoms with Gasteiger partial charge in [-0.3, -0.25) is 0 Å². The third kappa shape index (κ3) is 1.42. The van der Waals surface area contributed by atoms with Crippen molar-refractivity contribution >= 4 is 21.6 Å². The van der Waals surface area contributed by atoms with Gasteiger partial charge in [-0.05, 0) is 31.1 Å². The van der Waals surface area contributed by atoms with E-state index in [1.165, 1.54) is 9.71 Å². The SMILES string of the molecule is c1ccc2sc(CC3CNC3)nc2c1. The Bertz CT molecular complexity index is 412. The van der Waals surface area contributed by atoms with Gasteiger partial charge in [0, 0.05) is 6.42 Å². The molecule has 1 fully saturated rings. The molecule has 72 valence electrons. The second-order valence-corrected chi connectivity index (χ2v) is 4.92. The zero-order chi connectivity index (χ0) is 9.38. The second kappa shape index (κ2) is 3.33. The molecule has 14 heavy (non-hydrogen) atoms. The summed E-state index contributed by atoms with van der Waals surface area (Å²) < 4.78 is 1.31. The molecule has 2 nitrogen and oxygen atoms in total. The fourth-order valence-corrected chi connectivity index (χ4v) is 2.83. The van der Waals surface area contributed by atoms with E-state index in [-0.39, 0.29) is 0 Å². The van der Waals surface area contributed by atoms with Crippen LogP contribution in [-0.4, -0.2) is 18.1 Å². The summed E-state index contributed by atoms with van der Waals surface area (Å²) in [6.45, 7) is 2.33. The molecule has 0 amide bonds. The van der Waals surface area contributed by atoms with Gasteiger partial charge < -0.3 is 5.32 Å². The summed E-state index contributed by atoms with van der Waals surface area (Å²) in [5.41, 5.74) is 1.15. The van der Waals surface area contributed by atoms with E-state index in [4.69, 9.17) is 0 Å². The molecule has 1 N–H and O–H groups in total. The number of aromatic nitrogens is 1. The van der Waals surface area contributed by atoms with Gasteiger partial charge in [-0.25, -0.2) is 4.98 Å². The lowest BCUT2D eigenvalue weighted by molar-refractivity contribution is 0.346. The normalized spacial score (nSPS) is 17.1. The summed E-state index contributed by atoms with van der Waals surface area (Å²) in [4.78, 5) is 4.63. The molecule has 1 aliphatic rings. The van der Waals surface area contributed by atoms with Crippen LogP contribution in [0, 0.1) is 5.92 Å². The van der Waals surface area contributed by atoms with Crippen LogP contribution in [0.2, 0.25) is 0 Å². The van der Waals surface area contributed by atoms with E-state index >= 15 is 0 Å². The Morgan fingerprint density at radius 2 is 2.21 bits per heavy atom. The van der Waals surface area contributed by atoms with Gasteiger partial charge in [0.2, 0.25) is 0 Å². The molecule has 0 bridgehead atoms. The number of fused-ring (bicyclic) bond motifs is 1. The summed E-state index contributed by atoms with van der Waals surface area (Å²) in [5.74, 6) is 0.815. The van der Waals surface area contributed by atoms with Gasteiger partial charge in [0.05, 0.1) is 15.2 Å². The first-order chi connectivity index (χ1) is 6.92. The third-order valence-electron chi connectivity index (χ3n) is 2.67. The largest absolute Gasteiger partial charge is 0.316 e. The molecule has 1 aliphatic heterocycles. The summed E-state index contributed by atoms with van der Waals surface area (Å²) in [6, 6.07) is 8.37. The fraction of sp³-hybridized carbons (Fsp3) is 0.364. The number of thiazole rings is 1. The standard InChI is InChI=1S/C11H12N2S/c1-2-4-10-9(3-1)13-11(14-10)5-8-6-12-7-8/h1-4,8,12H,5-7H2. The van der Waals surface area contributed by atoms with E-state index in [2.05, 4.69) is 34.6 Å². The average molecular weight is 204 g/mol. The van der Waals surface area contributed by atoms with Crippen LogP contribution in [0.25, 0.3) is 10.2 Å². The van der Waals surface area contributed by atoms with Crippen molar-refractivity contribution in [2.75, 3.05) is 13.1 Å². The first-order valence-corrected chi connectivity index (χ1v) is 5.78. The predicted molar refractivity (Wildman–Crippen MR) is 59.7 cm³/mol. The Morgan fingerprint density at radius 1 is 1.36 bits per heavy atom. The van der Waals surface area contributed by atoms with E-state index in [1.807, 2.05) is 11.3 Å². The van der Waals surface area contributed by atoms with Gasteiger partial charge in [0.15, 0.2) is 0 Å².